The smallest absolute Gasteiger partial charge is 0.324 e. The summed E-state index contributed by atoms with van der Waals surface area (Å²) in [5.74, 6) is -0.184. The second-order valence-electron chi connectivity index (χ2n) is 4.34. The number of methoxy groups -OCH3 is 1. The zero-order valence-electron chi connectivity index (χ0n) is 10.4. The third kappa shape index (κ3) is 3.22. The van der Waals surface area contributed by atoms with Gasteiger partial charge in [0, 0.05) is 31.2 Å². The van der Waals surface area contributed by atoms with Crippen LogP contribution in [0.1, 0.15) is 5.56 Å². The van der Waals surface area contributed by atoms with E-state index in [4.69, 9.17) is 16.3 Å². The first-order valence-electron chi connectivity index (χ1n) is 5.98. The largest absolute Gasteiger partial charge is 0.468 e. The Labute approximate surface area is 112 Å². The van der Waals surface area contributed by atoms with Gasteiger partial charge >= 0.3 is 5.97 Å². The van der Waals surface area contributed by atoms with Crippen LogP contribution in [0.25, 0.3) is 0 Å². The monoisotopic (exact) mass is 268 g/mol. The first-order chi connectivity index (χ1) is 8.70. The van der Waals surface area contributed by atoms with Crippen molar-refractivity contribution in [3.05, 3.63) is 34.9 Å². The highest BCUT2D eigenvalue weighted by atomic mass is 35.5. The van der Waals surface area contributed by atoms with Crippen molar-refractivity contribution >= 4 is 17.6 Å². The number of nitrogens with one attached hydrogen (secondary N) is 1. The lowest BCUT2D eigenvalue weighted by Crippen LogP contribution is -2.54. The normalized spacial score (nSPS) is 20.7. The number of halogens is 1. The first kappa shape index (κ1) is 13.3. The summed E-state index contributed by atoms with van der Waals surface area (Å²) in [4.78, 5) is 13.8. The number of carbonyl (C=O) groups excluding carboxylic acids is 1. The molecule has 1 saturated heterocycles. The highest BCUT2D eigenvalue weighted by Crippen LogP contribution is 2.14. The predicted octanol–water partition coefficient (Wildman–Crippen LogP) is 1.29. The lowest BCUT2D eigenvalue weighted by Gasteiger charge is -2.34. The number of esters is 1. The number of ether oxygens (including phenoxy) is 1. The molecule has 98 valence electrons. The number of rotatable bonds is 3. The molecule has 4 nitrogen and oxygen atoms in total. The molecule has 1 aliphatic rings. The number of piperazine rings is 1. The Bertz CT molecular complexity index is 408. The lowest BCUT2D eigenvalue weighted by atomic mass is 10.1. The van der Waals surface area contributed by atoms with Crippen LogP contribution in [0.2, 0.25) is 5.02 Å². The van der Waals surface area contributed by atoms with Crippen LogP contribution in [0, 0.1) is 0 Å². The van der Waals surface area contributed by atoms with Gasteiger partial charge in [0.1, 0.15) is 6.04 Å². The summed E-state index contributed by atoms with van der Waals surface area (Å²) in [7, 11) is 1.43. The fraction of sp³-hybridized carbons (Fsp3) is 0.462. The molecular weight excluding hydrogens is 252 g/mol. The summed E-state index contributed by atoms with van der Waals surface area (Å²) in [6, 6.07) is 7.50. The number of nitrogens with zero attached hydrogens (tertiary/aromatic N) is 1. The van der Waals surface area contributed by atoms with Crippen LogP contribution >= 0.6 is 11.6 Å². The highest BCUT2D eigenvalue weighted by Gasteiger charge is 2.29. The summed E-state index contributed by atoms with van der Waals surface area (Å²) < 4.78 is 4.84. The summed E-state index contributed by atoms with van der Waals surface area (Å²) in [6.07, 6.45) is 0. The quantitative estimate of drug-likeness (QED) is 0.839. The minimum atomic E-state index is -0.209. The molecule has 1 atom stereocenters. The molecule has 0 aromatic heterocycles. The van der Waals surface area contributed by atoms with Gasteiger partial charge in [0.2, 0.25) is 0 Å². The van der Waals surface area contributed by atoms with E-state index >= 15 is 0 Å². The molecule has 1 aliphatic heterocycles. The van der Waals surface area contributed by atoms with E-state index in [0.29, 0.717) is 6.54 Å². The molecule has 1 aromatic rings. The Balaban J connectivity index is 2.05. The zero-order valence-corrected chi connectivity index (χ0v) is 11.1. The molecule has 0 aliphatic carbocycles. The van der Waals surface area contributed by atoms with E-state index < -0.39 is 0 Å². The molecule has 1 N–H and O–H groups in total. The number of carbonyl (C=O) groups is 1. The van der Waals surface area contributed by atoms with Crippen molar-refractivity contribution in [2.75, 3.05) is 26.7 Å². The molecule has 1 fully saturated rings. The molecule has 1 heterocycles. The van der Waals surface area contributed by atoms with Gasteiger partial charge in [-0.2, -0.15) is 0 Å². The van der Waals surface area contributed by atoms with Crippen LogP contribution in [-0.2, 0) is 16.1 Å². The third-order valence-corrected chi connectivity index (χ3v) is 3.38. The fourth-order valence-corrected chi connectivity index (χ4v) is 2.25. The van der Waals surface area contributed by atoms with Gasteiger partial charge in [-0.05, 0) is 17.7 Å². The summed E-state index contributed by atoms with van der Waals surface area (Å²) >= 11 is 5.86. The number of benzene rings is 1. The van der Waals surface area contributed by atoms with Crippen molar-refractivity contribution in [2.24, 2.45) is 0 Å². The average molecular weight is 269 g/mol. The molecular formula is C13H17ClN2O2. The zero-order chi connectivity index (χ0) is 13.0. The van der Waals surface area contributed by atoms with Crippen LogP contribution in [0.15, 0.2) is 24.3 Å². The van der Waals surface area contributed by atoms with E-state index in [1.54, 1.807) is 0 Å². The molecule has 2 rings (SSSR count). The van der Waals surface area contributed by atoms with Gasteiger partial charge in [-0.1, -0.05) is 23.7 Å². The Kier molecular flexibility index (Phi) is 4.58. The van der Waals surface area contributed by atoms with Crippen molar-refractivity contribution in [2.45, 2.75) is 12.6 Å². The van der Waals surface area contributed by atoms with Crippen LogP contribution in [-0.4, -0.2) is 43.7 Å². The van der Waals surface area contributed by atoms with Crippen LogP contribution in [0.5, 0.6) is 0 Å². The highest BCUT2D eigenvalue weighted by molar-refractivity contribution is 6.30. The molecule has 0 spiro atoms. The topological polar surface area (TPSA) is 41.6 Å². The van der Waals surface area contributed by atoms with Crippen LogP contribution < -0.4 is 5.32 Å². The van der Waals surface area contributed by atoms with Crippen molar-refractivity contribution in [3.8, 4) is 0 Å². The number of hydrogen-bond donors (Lipinski definition) is 1. The molecule has 1 aromatic carbocycles. The molecule has 18 heavy (non-hydrogen) atoms. The lowest BCUT2D eigenvalue weighted by molar-refractivity contribution is -0.147. The Hall–Kier alpha value is -1.10. The predicted molar refractivity (Wildman–Crippen MR) is 70.5 cm³/mol. The van der Waals surface area contributed by atoms with Gasteiger partial charge in [-0.3, -0.25) is 9.69 Å². The average Bonchev–Trinajstić information content (AvgIpc) is 2.41. The van der Waals surface area contributed by atoms with Crippen LogP contribution in [0.4, 0.5) is 0 Å². The maximum absolute atomic E-state index is 11.7. The SMILES string of the molecule is COC(=O)C1CNCCN1Cc1ccc(Cl)cc1. The van der Waals surface area contributed by atoms with Crippen LogP contribution in [0.3, 0.4) is 0 Å². The third-order valence-electron chi connectivity index (χ3n) is 3.13. The maximum Gasteiger partial charge on any atom is 0.324 e. The Morgan fingerprint density at radius 3 is 2.89 bits per heavy atom. The standard InChI is InChI=1S/C13H17ClN2O2/c1-18-13(17)12-8-15-6-7-16(12)9-10-2-4-11(14)5-3-10/h2-5,12,15H,6-9H2,1H3. The van der Waals surface area contributed by atoms with Gasteiger partial charge in [0.25, 0.3) is 0 Å². The minimum absolute atomic E-state index is 0.184. The molecule has 1 unspecified atom stereocenters. The Morgan fingerprint density at radius 2 is 2.22 bits per heavy atom. The van der Waals surface area contributed by atoms with E-state index in [1.165, 1.54) is 7.11 Å². The second kappa shape index (κ2) is 6.18. The van der Waals surface area contributed by atoms with Gasteiger partial charge in [-0.15, -0.1) is 0 Å². The molecule has 5 heteroatoms. The number of hydrogen-bond acceptors (Lipinski definition) is 4. The molecule has 0 amide bonds. The fourth-order valence-electron chi connectivity index (χ4n) is 2.13. The van der Waals surface area contributed by atoms with Crippen molar-refractivity contribution < 1.29 is 9.53 Å². The molecule has 0 bridgehead atoms. The summed E-state index contributed by atoms with van der Waals surface area (Å²) in [5, 5.41) is 3.94. The minimum Gasteiger partial charge on any atom is -0.468 e. The van der Waals surface area contributed by atoms with Crippen molar-refractivity contribution in [1.82, 2.24) is 10.2 Å². The second-order valence-corrected chi connectivity index (χ2v) is 4.78. The first-order valence-corrected chi connectivity index (χ1v) is 6.35. The van der Waals surface area contributed by atoms with Gasteiger partial charge in [0.05, 0.1) is 7.11 Å². The van der Waals surface area contributed by atoms with E-state index in [-0.39, 0.29) is 12.0 Å². The summed E-state index contributed by atoms with van der Waals surface area (Å²) in [6.45, 7) is 3.10. The van der Waals surface area contributed by atoms with E-state index in [0.717, 1.165) is 30.2 Å². The van der Waals surface area contributed by atoms with E-state index in [2.05, 4.69) is 10.2 Å². The Morgan fingerprint density at radius 1 is 1.50 bits per heavy atom. The van der Waals surface area contributed by atoms with Gasteiger partial charge in [0.15, 0.2) is 0 Å². The van der Waals surface area contributed by atoms with Crippen molar-refractivity contribution in [1.29, 1.82) is 0 Å². The van der Waals surface area contributed by atoms with Gasteiger partial charge in [-0.25, -0.2) is 0 Å². The van der Waals surface area contributed by atoms with E-state index in [9.17, 15) is 4.79 Å². The van der Waals surface area contributed by atoms with Crippen molar-refractivity contribution in [3.63, 3.8) is 0 Å². The van der Waals surface area contributed by atoms with Gasteiger partial charge < -0.3 is 10.1 Å². The summed E-state index contributed by atoms with van der Waals surface area (Å²) in [5.41, 5.74) is 1.15. The van der Waals surface area contributed by atoms with E-state index in [1.807, 2.05) is 24.3 Å². The maximum atomic E-state index is 11.7. The molecule has 0 radical (unpaired) electrons. The molecule has 0 saturated carbocycles.